The third kappa shape index (κ3) is 3.74. The second kappa shape index (κ2) is 7.58. The number of hydrogen-bond acceptors (Lipinski definition) is 6. The maximum atomic E-state index is 13.2. The minimum atomic E-state index is -4.51. The Bertz CT molecular complexity index is 1280. The van der Waals surface area contributed by atoms with Crippen molar-refractivity contribution in [3.63, 3.8) is 0 Å². The number of fused-ring (bicyclic) bond motifs is 2. The van der Waals surface area contributed by atoms with Crippen LogP contribution in [0.15, 0.2) is 30.3 Å². The molecule has 0 fully saturated rings. The predicted molar refractivity (Wildman–Crippen MR) is 120 cm³/mol. The first kappa shape index (κ1) is 22.8. The zero-order valence-electron chi connectivity index (χ0n) is 18.8. The number of ether oxygens (including phenoxy) is 1. The largest absolute Gasteiger partial charge is 0.416 e. The summed E-state index contributed by atoms with van der Waals surface area (Å²) in [4.78, 5) is 23.3. The van der Waals surface area contributed by atoms with E-state index in [1.54, 1.807) is 40.0 Å². The molecule has 2 atom stereocenters. The Labute approximate surface area is 188 Å². The van der Waals surface area contributed by atoms with Crippen LogP contribution in [0, 0.1) is 6.92 Å². The number of methoxy groups -OCH3 is 1. The van der Waals surface area contributed by atoms with Gasteiger partial charge in [0.2, 0.25) is 0 Å². The van der Waals surface area contributed by atoms with E-state index in [2.05, 4.69) is 15.3 Å². The van der Waals surface area contributed by atoms with Crippen LogP contribution in [0.1, 0.15) is 42.4 Å². The molecule has 1 aromatic heterocycles. The first-order chi connectivity index (χ1) is 15.3. The average molecular weight is 459 g/mol. The average Bonchev–Trinajstić information content (AvgIpc) is 2.92. The number of benzene rings is 2. The van der Waals surface area contributed by atoms with Gasteiger partial charge in [-0.3, -0.25) is 4.79 Å². The lowest BCUT2D eigenvalue weighted by atomic mass is 9.96. The molecule has 0 saturated heterocycles. The number of nitrogens with zero attached hydrogens (tertiary/aromatic N) is 3. The Morgan fingerprint density at radius 1 is 1.18 bits per heavy atom. The lowest BCUT2D eigenvalue weighted by molar-refractivity contribution is -0.138. The number of nitrogens with one attached hydrogen (secondary N) is 1. The van der Waals surface area contributed by atoms with Crippen LogP contribution in [-0.4, -0.2) is 30.0 Å². The first-order valence-corrected chi connectivity index (χ1v) is 10.3. The highest BCUT2D eigenvalue weighted by Crippen LogP contribution is 2.44. The van der Waals surface area contributed by atoms with Crippen LogP contribution < -0.4 is 16.0 Å². The van der Waals surface area contributed by atoms with E-state index in [-0.39, 0.29) is 11.6 Å². The molecule has 10 heteroatoms. The number of hydrogen-bond donors (Lipinski definition) is 2. The molecule has 3 aromatic rings. The number of alkyl halides is 3. The standard InChI is InChI=1S/C23H24F3N5O2/c1-11(13-6-14(23(24,25)26)8-15(27)7-13)28-20-16-9-19-17(10-18(16)29-12(2)30-20)22(3,33-5)21(32)31(19)4/h6-11H,27H2,1-5H3,(H,28,29,30)/t11-,22?/m1/s1. The number of nitrogens with two attached hydrogens (primary N) is 1. The summed E-state index contributed by atoms with van der Waals surface area (Å²) in [5, 5.41) is 3.82. The second-order valence-corrected chi connectivity index (χ2v) is 8.36. The van der Waals surface area contributed by atoms with Gasteiger partial charge in [-0.2, -0.15) is 13.2 Å². The molecule has 2 aromatic carbocycles. The van der Waals surface area contributed by atoms with Crippen LogP contribution >= 0.6 is 0 Å². The van der Waals surface area contributed by atoms with E-state index >= 15 is 0 Å². The molecule has 2 heterocycles. The number of aromatic nitrogens is 2. The zero-order chi connectivity index (χ0) is 24.3. The van der Waals surface area contributed by atoms with Crippen LogP contribution in [0.2, 0.25) is 0 Å². The molecule has 174 valence electrons. The van der Waals surface area contributed by atoms with E-state index in [4.69, 9.17) is 10.5 Å². The highest BCUT2D eigenvalue weighted by atomic mass is 19.4. The smallest absolute Gasteiger partial charge is 0.399 e. The molecule has 7 nitrogen and oxygen atoms in total. The molecule has 0 bridgehead atoms. The summed E-state index contributed by atoms with van der Waals surface area (Å²) in [6.45, 7) is 5.15. The van der Waals surface area contributed by atoms with Gasteiger partial charge in [0.15, 0.2) is 5.60 Å². The van der Waals surface area contributed by atoms with E-state index in [1.165, 1.54) is 18.1 Å². The summed E-state index contributed by atoms with van der Waals surface area (Å²) in [6, 6.07) is 6.52. The van der Waals surface area contributed by atoms with Gasteiger partial charge in [-0.25, -0.2) is 9.97 Å². The van der Waals surface area contributed by atoms with Gasteiger partial charge < -0.3 is 20.7 Å². The van der Waals surface area contributed by atoms with Crippen molar-refractivity contribution in [2.75, 3.05) is 30.1 Å². The van der Waals surface area contributed by atoms with Crippen LogP contribution in [0.25, 0.3) is 10.9 Å². The summed E-state index contributed by atoms with van der Waals surface area (Å²) in [7, 11) is 3.14. The van der Waals surface area contributed by atoms with Crippen molar-refractivity contribution in [2.45, 2.75) is 38.6 Å². The van der Waals surface area contributed by atoms with Crippen molar-refractivity contribution in [3.05, 3.63) is 52.8 Å². The summed E-state index contributed by atoms with van der Waals surface area (Å²) >= 11 is 0. The molecule has 1 aliphatic rings. The predicted octanol–water partition coefficient (Wildman–Crippen LogP) is 4.55. The first-order valence-electron chi connectivity index (χ1n) is 10.3. The van der Waals surface area contributed by atoms with Crippen molar-refractivity contribution in [2.24, 2.45) is 0 Å². The highest BCUT2D eigenvalue weighted by molar-refractivity contribution is 6.09. The second-order valence-electron chi connectivity index (χ2n) is 8.36. The van der Waals surface area contributed by atoms with Gasteiger partial charge >= 0.3 is 6.18 Å². The van der Waals surface area contributed by atoms with Crippen molar-refractivity contribution in [1.29, 1.82) is 0 Å². The fourth-order valence-electron chi connectivity index (χ4n) is 4.17. The summed E-state index contributed by atoms with van der Waals surface area (Å²) < 4.78 is 45.3. The van der Waals surface area contributed by atoms with Gasteiger partial charge in [0.05, 0.1) is 22.8 Å². The fourth-order valence-corrected chi connectivity index (χ4v) is 4.17. The number of carbonyl (C=O) groups excluding carboxylic acids is 1. The molecule has 1 unspecified atom stereocenters. The minimum absolute atomic E-state index is 0.0222. The number of halogens is 3. The zero-order valence-corrected chi connectivity index (χ0v) is 18.8. The maximum Gasteiger partial charge on any atom is 0.416 e. The molecule has 0 spiro atoms. The lowest BCUT2D eigenvalue weighted by Crippen LogP contribution is -2.37. The maximum absolute atomic E-state index is 13.2. The number of carbonyl (C=O) groups is 1. The van der Waals surface area contributed by atoms with Gasteiger partial charge in [-0.1, -0.05) is 0 Å². The summed E-state index contributed by atoms with van der Waals surface area (Å²) in [5.74, 6) is 0.704. The Hall–Kier alpha value is -3.40. The van der Waals surface area contributed by atoms with Crippen LogP contribution in [-0.2, 0) is 21.3 Å². The Morgan fingerprint density at radius 2 is 1.88 bits per heavy atom. The van der Waals surface area contributed by atoms with Crippen molar-refractivity contribution >= 4 is 34.0 Å². The quantitative estimate of drug-likeness (QED) is 0.556. The molecule has 1 amide bonds. The molecule has 1 aliphatic heterocycles. The molecule has 33 heavy (non-hydrogen) atoms. The van der Waals surface area contributed by atoms with Crippen LogP contribution in [0.4, 0.5) is 30.4 Å². The number of nitrogen functional groups attached to an aromatic ring is 1. The van der Waals surface area contributed by atoms with E-state index in [1.807, 2.05) is 0 Å². The summed E-state index contributed by atoms with van der Waals surface area (Å²) in [6.07, 6.45) is -4.51. The van der Waals surface area contributed by atoms with Gasteiger partial charge in [0.1, 0.15) is 11.6 Å². The van der Waals surface area contributed by atoms with Crippen molar-refractivity contribution in [1.82, 2.24) is 9.97 Å². The Morgan fingerprint density at radius 3 is 2.52 bits per heavy atom. The number of amides is 1. The molecule has 3 N–H and O–H groups in total. The highest BCUT2D eigenvalue weighted by Gasteiger charge is 2.47. The normalized spacial score (nSPS) is 19.2. The Kier molecular flexibility index (Phi) is 5.24. The Balaban J connectivity index is 1.80. The molecule has 0 saturated carbocycles. The minimum Gasteiger partial charge on any atom is -0.399 e. The van der Waals surface area contributed by atoms with Crippen LogP contribution in [0.3, 0.4) is 0 Å². The van der Waals surface area contributed by atoms with Gasteiger partial charge in [-0.05, 0) is 56.7 Å². The lowest BCUT2D eigenvalue weighted by Gasteiger charge is -2.21. The van der Waals surface area contributed by atoms with Crippen LogP contribution in [0.5, 0.6) is 0 Å². The summed E-state index contributed by atoms with van der Waals surface area (Å²) in [5.41, 5.74) is 6.11. The molecular weight excluding hydrogens is 435 g/mol. The number of likely N-dealkylation sites (N-methyl/N-ethyl adjacent to an activating group) is 1. The van der Waals surface area contributed by atoms with Gasteiger partial charge in [0, 0.05) is 30.8 Å². The van der Waals surface area contributed by atoms with E-state index in [0.717, 1.165) is 12.1 Å². The van der Waals surface area contributed by atoms with Gasteiger partial charge in [-0.15, -0.1) is 0 Å². The molecule has 0 radical (unpaired) electrons. The van der Waals surface area contributed by atoms with E-state index in [0.29, 0.717) is 39.4 Å². The van der Waals surface area contributed by atoms with Crippen molar-refractivity contribution < 1.29 is 22.7 Å². The topological polar surface area (TPSA) is 93.4 Å². The number of rotatable bonds is 4. The van der Waals surface area contributed by atoms with E-state index < -0.39 is 23.4 Å². The third-order valence-electron chi connectivity index (χ3n) is 6.08. The fraction of sp³-hybridized carbons (Fsp3) is 0.348. The molecule has 0 aliphatic carbocycles. The SMILES string of the molecule is COC1(C)C(=O)N(C)c2cc3c(N[C@H](C)c4cc(N)cc(C(F)(F)F)c4)nc(C)nc3cc21. The van der Waals surface area contributed by atoms with E-state index in [9.17, 15) is 18.0 Å². The molecular formula is C23H24F3N5O2. The number of anilines is 3. The van der Waals surface area contributed by atoms with Gasteiger partial charge in [0.25, 0.3) is 5.91 Å². The monoisotopic (exact) mass is 459 g/mol. The third-order valence-corrected chi connectivity index (χ3v) is 6.08. The molecule has 4 rings (SSSR count). The van der Waals surface area contributed by atoms with Crippen molar-refractivity contribution in [3.8, 4) is 0 Å². The number of aryl methyl sites for hydroxylation is 1.